The van der Waals surface area contributed by atoms with Crippen molar-refractivity contribution in [3.05, 3.63) is 48.0 Å². The molecule has 0 radical (unpaired) electrons. The largest absolute Gasteiger partial charge is 0.497 e. The van der Waals surface area contributed by atoms with Gasteiger partial charge in [0.25, 0.3) is 11.8 Å². The monoisotopic (exact) mass is 469 g/mol. The van der Waals surface area contributed by atoms with Crippen LogP contribution in [0, 0.1) is 6.92 Å². The molecule has 2 aromatic rings. The number of imide groups is 1. The van der Waals surface area contributed by atoms with Crippen LogP contribution in [0.3, 0.4) is 0 Å². The van der Waals surface area contributed by atoms with Crippen LogP contribution in [0.1, 0.15) is 25.3 Å². The summed E-state index contributed by atoms with van der Waals surface area (Å²) in [6, 6.07) is 10.5. The van der Waals surface area contributed by atoms with E-state index in [9.17, 15) is 19.2 Å². The van der Waals surface area contributed by atoms with Crippen molar-refractivity contribution in [1.82, 2.24) is 10.4 Å². The van der Waals surface area contributed by atoms with Crippen LogP contribution in [0.2, 0.25) is 0 Å². The summed E-state index contributed by atoms with van der Waals surface area (Å²) >= 11 is 0. The van der Waals surface area contributed by atoms with Gasteiger partial charge in [0.1, 0.15) is 23.3 Å². The molecule has 0 aromatic heterocycles. The molecule has 1 unspecified atom stereocenters. The van der Waals surface area contributed by atoms with Crippen LogP contribution in [0.4, 0.5) is 5.69 Å². The van der Waals surface area contributed by atoms with Gasteiger partial charge in [0, 0.05) is 6.42 Å². The molecular weight excluding hydrogens is 442 g/mol. The smallest absolute Gasteiger partial charge is 0.276 e. The zero-order valence-electron chi connectivity index (χ0n) is 19.5. The summed E-state index contributed by atoms with van der Waals surface area (Å²) < 4.78 is 15.8. The highest BCUT2D eigenvalue weighted by atomic mass is 16.5. The number of hydrazine groups is 1. The molecule has 34 heavy (non-hydrogen) atoms. The molecule has 1 saturated heterocycles. The molecule has 10 heteroatoms. The van der Waals surface area contributed by atoms with Gasteiger partial charge in [-0.3, -0.25) is 24.6 Å². The minimum atomic E-state index is -1.19. The van der Waals surface area contributed by atoms with Crippen molar-refractivity contribution < 1.29 is 33.4 Å². The highest BCUT2D eigenvalue weighted by molar-refractivity contribution is 6.23. The Labute approximate surface area is 197 Å². The molecule has 2 aromatic carbocycles. The molecule has 0 aliphatic carbocycles. The Morgan fingerprint density at radius 3 is 2.35 bits per heavy atom. The Bertz CT molecular complexity index is 1080. The lowest BCUT2D eigenvalue weighted by molar-refractivity contribution is -0.148. The molecule has 1 aliphatic rings. The molecule has 1 atom stereocenters. The Morgan fingerprint density at radius 1 is 1.06 bits per heavy atom. The average Bonchev–Trinajstić information content (AvgIpc) is 3.14. The molecule has 4 amide bonds. The number of nitrogens with one attached hydrogen (secondary N) is 1. The minimum Gasteiger partial charge on any atom is -0.497 e. The van der Waals surface area contributed by atoms with E-state index in [1.54, 1.807) is 49.4 Å². The molecule has 0 spiro atoms. The van der Waals surface area contributed by atoms with Crippen molar-refractivity contribution >= 4 is 29.3 Å². The summed E-state index contributed by atoms with van der Waals surface area (Å²) in [4.78, 5) is 52.2. The van der Waals surface area contributed by atoms with Gasteiger partial charge in [0.05, 0.1) is 26.3 Å². The Balaban J connectivity index is 1.75. The number of hydrogen-bond donors (Lipinski definition) is 1. The zero-order chi connectivity index (χ0) is 24.8. The summed E-state index contributed by atoms with van der Waals surface area (Å²) in [6.07, 6.45) is -0.257. The van der Waals surface area contributed by atoms with Crippen LogP contribution in [-0.2, 0) is 19.2 Å². The third kappa shape index (κ3) is 5.28. The Kier molecular flexibility index (Phi) is 7.72. The number of aryl methyl sites for hydroxylation is 1. The molecule has 1 heterocycles. The van der Waals surface area contributed by atoms with Gasteiger partial charge in [-0.25, -0.2) is 9.91 Å². The summed E-state index contributed by atoms with van der Waals surface area (Å²) in [5.74, 6) is -0.891. The lowest BCUT2D eigenvalue weighted by Gasteiger charge is -2.27. The molecule has 180 valence electrons. The number of benzene rings is 2. The van der Waals surface area contributed by atoms with Crippen LogP contribution < -0.4 is 24.5 Å². The first kappa shape index (κ1) is 24.6. The normalized spacial score (nSPS) is 15.2. The van der Waals surface area contributed by atoms with E-state index in [0.29, 0.717) is 17.2 Å². The van der Waals surface area contributed by atoms with Gasteiger partial charge in [-0.2, -0.15) is 0 Å². The molecule has 1 aliphatic heterocycles. The van der Waals surface area contributed by atoms with Crippen LogP contribution >= 0.6 is 0 Å². The number of hydrogen-bond acceptors (Lipinski definition) is 7. The van der Waals surface area contributed by atoms with Crippen molar-refractivity contribution in [2.24, 2.45) is 0 Å². The summed E-state index contributed by atoms with van der Waals surface area (Å²) in [6.45, 7) is 3.02. The molecule has 3 rings (SSSR count). The lowest BCUT2D eigenvalue weighted by atomic mass is 10.2. The number of carbonyl (C=O) groups is 4. The molecule has 1 N–H and O–H groups in total. The SMILES string of the molecule is CCC(=O)N(NC(=O)COc1ccc(OC)cc1)C1CC(=O)N(c2cc(C)ccc2OC)C1=O. The predicted molar refractivity (Wildman–Crippen MR) is 122 cm³/mol. The van der Waals surface area contributed by atoms with Gasteiger partial charge in [-0.15, -0.1) is 0 Å². The summed E-state index contributed by atoms with van der Waals surface area (Å²) in [5.41, 5.74) is 3.54. The van der Waals surface area contributed by atoms with E-state index in [4.69, 9.17) is 14.2 Å². The average molecular weight is 469 g/mol. The highest BCUT2D eigenvalue weighted by Gasteiger charge is 2.45. The van der Waals surface area contributed by atoms with Gasteiger partial charge >= 0.3 is 0 Å². The number of methoxy groups -OCH3 is 2. The van der Waals surface area contributed by atoms with E-state index in [0.717, 1.165) is 15.5 Å². The maximum Gasteiger partial charge on any atom is 0.276 e. The van der Waals surface area contributed by atoms with Crippen molar-refractivity contribution in [3.8, 4) is 17.2 Å². The summed E-state index contributed by atoms with van der Waals surface area (Å²) in [7, 11) is 2.97. The third-order valence-corrected chi connectivity index (χ3v) is 5.26. The molecule has 0 bridgehead atoms. The van der Waals surface area contributed by atoms with Crippen molar-refractivity contribution in [2.45, 2.75) is 32.7 Å². The fourth-order valence-electron chi connectivity index (χ4n) is 3.52. The van der Waals surface area contributed by atoms with Crippen LogP contribution in [0.25, 0.3) is 0 Å². The standard InChI is InChI=1S/C24H27N3O7/c1-5-22(29)27(25-21(28)14-34-17-9-7-16(32-3)8-10-17)19-13-23(30)26(24(19)31)18-12-15(2)6-11-20(18)33-4/h6-12,19H,5,13-14H2,1-4H3,(H,25,28). The summed E-state index contributed by atoms with van der Waals surface area (Å²) in [5, 5.41) is 0.919. The Hall–Kier alpha value is -4.08. The van der Waals surface area contributed by atoms with Crippen LogP contribution in [0.15, 0.2) is 42.5 Å². The van der Waals surface area contributed by atoms with Gasteiger partial charge in [-0.05, 0) is 48.9 Å². The van der Waals surface area contributed by atoms with Gasteiger partial charge in [-0.1, -0.05) is 13.0 Å². The fraction of sp³-hybridized carbons (Fsp3) is 0.333. The topological polar surface area (TPSA) is 114 Å². The van der Waals surface area contributed by atoms with E-state index in [2.05, 4.69) is 5.43 Å². The first-order valence-corrected chi connectivity index (χ1v) is 10.7. The predicted octanol–water partition coefficient (Wildman–Crippen LogP) is 1.99. The second-order valence-corrected chi connectivity index (χ2v) is 7.58. The van der Waals surface area contributed by atoms with E-state index < -0.39 is 36.3 Å². The second kappa shape index (κ2) is 10.7. The lowest BCUT2D eigenvalue weighted by Crippen LogP contribution is -2.55. The first-order valence-electron chi connectivity index (χ1n) is 10.7. The maximum atomic E-state index is 13.2. The number of carbonyl (C=O) groups excluding carboxylic acids is 4. The van der Waals surface area contributed by atoms with E-state index >= 15 is 0 Å². The molecular formula is C24H27N3O7. The van der Waals surface area contributed by atoms with Crippen molar-refractivity contribution in [2.75, 3.05) is 25.7 Å². The van der Waals surface area contributed by atoms with E-state index in [1.165, 1.54) is 14.2 Å². The van der Waals surface area contributed by atoms with Gasteiger partial charge in [0.2, 0.25) is 11.8 Å². The van der Waals surface area contributed by atoms with Gasteiger partial charge in [0.15, 0.2) is 6.61 Å². The second-order valence-electron chi connectivity index (χ2n) is 7.58. The van der Waals surface area contributed by atoms with Crippen molar-refractivity contribution in [1.29, 1.82) is 0 Å². The van der Waals surface area contributed by atoms with E-state index in [1.807, 2.05) is 6.92 Å². The van der Waals surface area contributed by atoms with Gasteiger partial charge < -0.3 is 14.2 Å². The molecule has 10 nitrogen and oxygen atoms in total. The number of ether oxygens (including phenoxy) is 3. The highest BCUT2D eigenvalue weighted by Crippen LogP contribution is 2.34. The number of amides is 4. The van der Waals surface area contributed by atoms with E-state index in [-0.39, 0.29) is 18.5 Å². The van der Waals surface area contributed by atoms with Crippen molar-refractivity contribution in [3.63, 3.8) is 0 Å². The zero-order valence-corrected chi connectivity index (χ0v) is 19.5. The van der Waals surface area contributed by atoms with Crippen LogP contribution in [0.5, 0.6) is 17.2 Å². The maximum absolute atomic E-state index is 13.2. The Morgan fingerprint density at radius 2 is 1.74 bits per heavy atom. The number of nitrogens with zero attached hydrogens (tertiary/aromatic N) is 2. The third-order valence-electron chi connectivity index (χ3n) is 5.26. The number of rotatable bonds is 8. The fourth-order valence-corrected chi connectivity index (χ4v) is 3.52. The first-order chi connectivity index (χ1) is 16.3. The number of anilines is 1. The molecule has 0 saturated carbocycles. The molecule has 1 fully saturated rings. The van der Waals surface area contributed by atoms with Crippen LogP contribution in [-0.4, -0.2) is 55.5 Å². The minimum absolute atomic E-state index is 0.0192. The quantitative estimate of drug-likeness (QED) is 0.465.